The van der Waals surface area contributed by atoms with Crippen LogP contribution < -0.4 is 5.73 Å². The lowest BCUT2D eigenvalue weighted by Gasteiger charge is -2.24. The van der Waals surface area contributed by atoms with Crippen LogP contribution in [0.2, 0.25) is 0 Å². The molecule has 0 amide bonds. The predicted octanol–water partition coefficient (Wildman–Crippen LogP) is 1.95. The number of aryl methyl sites for hydroxylation is 1. The molecule has 14 heavy (non-hydrogen) atoms. The fraction of sp³-hybridized carbons (Fsp3) is 0.500. The van der Waals surface area contributed by atoms with Crippen LogP contribution in [0.25, 0.3) is 0 Å². The highest BCUT2D eigenvalue weighted by Crippen LogP contribution is 2.21. The minimum Gasteiger partial charge on any atom is -0.330 e. The zero-order valence-corrected chi connectivity index (χ0v) is 9.33. The predicted molar refractivity (Wildman–Crippen MR) is 61.3 cm³/mol. The van der Waals surface area contributed by atoms with Gasteiger partial charge in [-0.2, -0.15) is 0 Å². The summed E-state index contributed by atoms with van der Waals surface area (Å²) in [6.07, 6.45) is 1.01. The highest BCUT2D eigenvalue weighted by molar-refractivity contribution is 5.24. The maximum atomic E-state index is 5.61. The molecule has 0 radical (unpaired) electrons. The smallest absolute Gasteiger partial charge is 0.0354 e. The lowest BCUT2D eigenvalue weighted by atomic mass is 10.0. The second kappa shape index (κ2) is 5.13. The fourth-order valence-corrected chi connectivity index (χ4v) is 1.67. The van der Waals surface area contributed by atoms with Crippen molar-refractivity contribution in [2.45, 2.75) is 19.4 Å². The monoisotopic (exact) mass is 192 g/mol. The number of benzene rings is 1. The van der Waals surface area contributed by atoms with Gasteiger partial charge in [-0.05, 0) is 39.5 Å². The SMILES string of the molecule is Cc1ccc(C(CCN)N(C)C)cc1. The molecule has 0 aromatic heterocycles. The van der Waals surface area contributed by atoms with Gasteiger partial charge in [0.25, 0.3) is 0 Å². The minimum absolute atomic E-state index is 0.445. The molecule has 0 bridgehead atoms. The van der Waals surface area contributed by atoms with E-state index >= 15 is 0 Å². The number of nitrogens with zero attached hydrogens (tertiary/aromatic N) is 1. The highest BCUT2D eigenvalue weighted by atomic mass is 15.1. The average molecular weight is 192 g/mol. The molecule has 0 saturated carbocycles. The first kappa shape index (κ1) is 11.2. The van der Waals surface area contributed by atoms with Gasteiger partial charge >= 0.3 is 0 Å². The van der Waals surface area contributed by atoms with Crippen LogP contribution >= 0.6 is 0 Å². The first-order chi connectivity index (χ1) is 6.65. The van der Waals surface area contributed by atoms with Crippen molar-refractivity contribution in [1.82, 2.24) is 4.90 Å². The first-order valence-electron chi connectivity index (χ1n) is 5.08. The van der Waals surface area contributed by atoms with Crippen molar-refractivity contribution in [3.05, 3.63) is 35.4 Å². The summed E-state index contributed by atoms with van der Waals surface area (Å²) in [6.45, 7) is 2.84. The largest absolute Gasteiger partial charge is 0.330 e. The topological polar surface area (TPSA) is 29.3 Å². The van der Waals surface area contributed by atoms with Crippen molar-refractivity contribution >= 4 is 0 Å². The Hall–Kier alpha value is -0.860. The summed E-state index contributed by atoms with van der Waals surface area (Å²) >= 11 is 0. The van der Waals surface area contributed by atoms with Crippen molar-refractivity contribution in [2.24, 2.45) is 5.73 Å². The average Bonchev–Trinajstić information content (AvgIpc) is 2.15. The third-order valence-corrected chi connectivity index (χ3v) is 2.53. The molecule has 1 rings (SSSR count). The van der Waals surface area contributed by atoms with Crippen LogP contribution in [0.4, 0.5) is 0 Å². The number of rotatable bonds is 4. The molecule has 2 nitrogen and oxygen atoms in total. The molecule has 1 aromatic rings. The van der Waals surface area contributed by atoms with Gasteiger partial charge in [-0.1, -0.05) is 29.8 Å². The van der Waals surface area contributed by atoms with Gasteiger partial charge in [0, 0.05) is 6.04 Å². The third-order valence-electron chi connectivity index (χ3n) is 2.53. The van der Waals surface area contributed by atoms with E-state index in [1.165, 1.54) is 11.1 Å². The maximum Gasteiger partial charge on any atom is 0.0354 e. The van der Waals surface area contributed by atoms with Gasteiger partial charge in [0.15, 0.2) is 0 Å². The number of hydrogen-bond acceptors (Lipinski definition) is 2. The summed E-state index contributed by atoms with van der Waals surface area (Å²) in [4.78, 5) is 2.22. The second-order valence-corrected chi connectivity index (χ2v) is 3.97. The standard InChI is InChI=1S/C12H20N2/c1-10-4-6-11(7-5-10)12(8-9-13)14(2)3/h4-7,12H,8-9,13H2,1-3H3. The minimum atomic E-state index is 0.445. The zero-order chi connectivity index (χ0) is 10.6. The summed E-state index contributed by atoms with van der Waals surface area (Å²) in [6, 6.07) is 9.14. The summed E-state index contributed by atoms with van der Waals surface area (Å²) in [5.74, 6) is 0. The summed E-state index contributed by atoms with van der Waals surface area (Å²) in [5.41, 5.74) is 8.27. The Bertz CT molecular complexity index is 264. The van der Waals surface area contributed by atoms with Gasteiger partial charge in [-0.3, -0.25) is 0 Å². The van der Waals surface area contributed by atoms with Crippen LogP contribution in [-0.2, 0) is 0 Å². The molecular formula is C12H20N2. The Kier molecular flexibility index (Phi) is 4.11. The number of nitrogens with two attached hydrogens (primary N) is 1. The van der Waals surface area contributed by atoms with Gasteiger partial charge in [0.1, 0.15) is 0 Å². The van der Waals surface area contributed by atoms with E-state index in [2.05, 4.69) is 50.2 Å². The van der Waals surface area contributed by atoms with Crippen molar-refractivity contribution in [3.8, 4) is 0 Å². The molecule has 1 atom stereocenters. The molecule has 0 aliphatic heterocycles. The van der Waals surface area contributed by atoms with E-state index < -0.39 is 0 Å². The molecule has 0 saturated heterocycles. The molecule has 0 spiro atoms. The van der Waals surface area contributed by atoms with E-state index in [-0.39, 0.29) is 0 Å². The van der Waals surface area contributed by atoms with Crippen molar-refractivity contribution < 1.29 is 0 Å². The van der Waals surface area contributed by atoms with Crippen LogP contribution in [0.15, 0.2) is 24.3 Å². The molecule has 2 N–H and O–H groups in total. The Morgan fingerprint density at radius 3 is 2.21 bits per heavy atom. The maximum absolute atomic E-state index is 5.61. The first-order valence-corrected chi connectivity index (χ1v) is 5.08. The fourth-order valence-electron chi connectivity index (χ4n) is 1.67. The van der Waals surface area contributed by atoms with Crippen LogP contribution in [0.1, 0.15) is 23.6 Å². The quantitative estimate of drug-likeness (QED) is 0.790. The molecule has 2 heteroatoms. The Morgan fingerprint density at radius 1 is 1.21 bits per heavy atom. The Balaban J connectivity index is 2.82. The van der Waals surface area contributed by atoms with Crippen LogP contribution in [0.5, 0.6) is 0 Å². The van der Waals surface area contributed by atoms with E-state index in [0.29, 0.717) is 6.04 Å². The molecule has 1 aromatic carbocycles. The van der Waals surface area contributed by atoms with Crippen molar-refractivity contribution in [2.75, 3.05) is 20.6 Å². The Labute approximate surface area is 86.7 Å². The molecule has 0 heterocycles. The number of hydrogen-bond donors (Lipinski definition) is 1. The van der Waals surface area contributed by atoms with E-state index in [1.54, 1.807) is 0 Å². The van der Waals surface area contributed by atoms with Crippen LogP contribution in [0.3, 0.4) is 0 Å². The Morgan fingerprint density at radius 2 is 1.79 bits per heavy atom. The molecular weight excluding hydrogens is 172 g/mol. The summed E-state index contributed by atoms with van der Waals surface area (Å²) in [7, 11) is 4.19. The molecule has 0 aliphatic carbocycles. The van der Waals surface area contributed by atoms with E-state index in [0.717, 1.165) is 13.0 Å². The molecule has 78 valence electrons. The van der Waals surface area contributed by atoms with E-state index in [9.17, 15) is 0 Å². The molecule has 0 fully saturated rings. The van der Waals surface area contributed by atoms with Gasteiger partial charge in [0.2, 0.25) is 0 Å². The lowest BCUT2D eigenvalue weighted by molar-refractivity contribution is 0.287. The van der Waals surface area contributed by atoms with Crippen LogP contribution in [0, 0.1) is 6.92 Å². The lowest BCUT2D eigenvalue weighted by Crippen LogP contribution is -2.22. The third kappa shape index (κ3) is 2.82. The van der Waals surface area contributed by atoms with Crippen LogP contribution in [-0.4, -0.2) is 25.5 Å². The second-order valence-electron chi connectivity index (χ2n) is 3.97. The zero-order valence-electron chi connectivity index (χ0n) is 9.33. The van der Waals surface area contributed by atoms with E-state index in [4.69, 9.17) is 5.73 Å². The summed E-state index contributed by atoms with van der Waals surface area (Å²) in [5, 5.41) is 0. The van der Waals surface area contributed by atoms with Gasteiger partial charge in [-0.15, -0.1) is 0 Å². The van der Waals surface area contributed by atoms with Crippen molar-refractivity contribution in [1.29, 1.82) is 0 Å². The van der Waals surface area contributed by atoms with Gasteiger partial charge in [-0.25, -0.2) is 0 Å². The highest BCUT2D eigenvalue weighted by Gasteiger charge is 2.11. The van der Waals surface area contributed by atoms with Gasteiger partial charge < -0.3 is 10.6 Å². The van der Waals surface area contributed by atoms with Gasteiger partial charge in [0.05, 0.1) is 0 Å². The van der Waals surface area contributed by atoms with E-state index in [1.807, 2.05) is 0 Å². The molecule has 1 unspecified atom stereocenters. The molecule has 0 aliphatic rings. The summed E-state index contributed by atoms with van der Waals surface area (Å²) < 4.78 is 0. The normalized spacial score (nSPS) is 13.2. The van der Waals surface area contributed by atoms with Crippen molar-refractivity contribution in [3.63, 3.8) is 0 Å².